The summed E-state index contributed by atoms with van der Waals surface area (Å²) in [5.41, 5.74) is 1.51. The molecule has 36 heavy (non-hydrogen) atoms. The van der Waals surface area contributed by atoms with Crippen LogP contribution in [0.5, 0.6) is 0 Å². The summed E-state index contributed by atoms with van der Waals surface area (Å²) < 4.78 is 46.7. The van der Waals surface area contributed by atoms with Gasteiger partial charge in [0.15, 0.2) is 5.82 Å². The number of hydrogen-bond acceptors (Lipinski definition) is 6. The van der Waals surface area contributed by atoms with Crippen molar-refractivity contribution in [3.8, 4) is 0 Å². The summed E-state index contributed by atoms with van der Waals surface area (Å²) in [4.78, 5) is 17.3. The topological polar surface area (TPSA) is 105 Å². The van der Waals surface area contributed by atoms with Crippen molar-refractivity contribution >= 4 is 21.6 Å². The number of anilines is 1. The molecule has 192 valence electrons. The molecule has 8 nitrogen and oxygen atoms in total. The molecule has 1 aromatic heterocycles. The van der Waals surface area contributed by atoms with Gasteiger partial charge < -0.3 is 9.84 Å². The highest BCUT2D eigenvalue weighted by atomic mass is 32.2. The molecule has 0 spiro atoms. The first-order chi connectivity index (χ1) is 17.2. The Morgan fingerprint density at radius 2 is 1.75 bits per heavy atom. The molecular weight excluding hydrogens is 483 g/mol. The van der Waals surface area contributed by atoms with Gasteiger partial charge in [-0.2, -0.15) is 9.29 Å². The van der Waals surface area contributed by atoms with Crippen LogP contribution in [0.15, 0.2) is 57.9 Å². The molecule has 1 aliphatic carbocycles. The summed E-state index contributed by atoms with van der Waals surface area (Å²) in [5, 5.41) is 6.79. The number of halogens is 1. The van der Waals surface area contributed by atoms with E-state index in [1.165, 1.54) is 16.4 Å². The van der Waals surface area contributed by atoms with Crippen LogP contribution < -0.4 is 5.32 Å². The van der Waals surface area contributed by atoms with Crippen LogP contribution in [0.2, 0.25) is 0 Å². The van der Waals surface area contributed by atoms with E-state index >= 15 is 0 Å². The predicted molar refractivity (Wildman–Crippen MR) is 133 cm³/mol. The second kappa shape index (κ2) is 11.3. The van der Waals surface area contributed by atoms with Gasteiger partial charge in [0.2, 0.25) is 21.8 Å². The van der Waals surface area contributed by atoms with Crippen LogP contribution in [0.25, 0.3) is 0 Å². The highest BCUT2D eigenvalue weighted by molar-refractivity contribution is 7.89. The maximum atomic E-state index is 13.4. The van der Waals surface area contributed by atoms with Crippen molar-refractivity contribution < 1.29 is 22.1 Å². The molecule has 0 radical (unpaired) electrons. The molecule has 0 atom stereocenters. The van der Waals surface area contributed by atoms with Crippen LogP contribution in [0.4, 0.5) is 10.1 Å². The zero-order chi connectivity index (χ0) is 25.7. The fourth-order valence-electron chi connectivity index (χ4n) is 4.33. The predicted octanol–water partition coefficient (Wildman–Crippen LogP) is 4.89. The lowest BCUT2D eigenvalue weighted by Crippen LogP contribution is -2.45. The molecule has 1 N–H and O–H groups in total. The van der Waals surface area contributed by atoms with Crippen molar-refractivity contribution in [3.63, 3.8) is 0 Å². The van der Waals surface area contributed by atoms with Gasteiger partial charge in [0.05, 0.1) is 11.4 Å². The number of rotatable bonds is 9. The van der Waals surface area contributed by atoms with Crippen LogP contribution in [0.3, 0.4) is 0 Å². The summed E-state index contributed by atoms with van der Waals surface area (Å²) in [6.45, 7) is 3.65. The second-order valence-corrected chi connectivity index (χ2v) is 11.3. The number of sulfonamides is 1. The number of nitrogens with one attached hydrogen (secondary N) is 1. The van der Waals surface area contributed by atoms with E-state index in [-0.39, 0.29) is 23.4 Å². The normalized spacial score (nSPS) is 14.9. The first-order valence-electron chi connectivity index (χ1n) is 12.2. The third-order valence-corrected chi connectivity index (χ3v) is 8.19. The van der Waals surface area contributed by atoms with Crippen molar-refractivity contribution in [1.82, 2.24) is 14.4 Å². The van der Waals surface area contributed by atoms with Gasteiger partial charge in [0.25, 0.3) is 0 Å². The summed E-state index contributed by atoms with van der Waals surface area (Å²) in [5.74, 6) is 0.387. The van der Waals surface area contributed by atoms with Crippen molar-refractivity contribution in [3.05, 3.63) is 71.6 Å². The smallest absolute Gasteiger partial charge is 0.243 e. The van der Waals surface area contributed by atoms with Gasteiger partial charge in [-0.1, -0.05) is 50.4 Å². The summed E-state index contributed by atoms with van der Waals surface area (Å²) in [6.07, 6.45) is 4.73. The largest absolute Gasteiger partial charge is 0.339 e. The van der Waals surface area contributed by atoms with E-state index in [0.29, 0.717) is 36.7 Å². The summed E-state index contributed by atoms with van der Waals surface area (Å²) in [6, 6.07) is 11.7. The van der Waals surface area contributed by atoms with Gasteiger partial charge in [0.1, 0.15) is 5.82 Å². The molecule has 4 rings (SSSR count). The zero-order valence-corrected chi connectivity index (χ0v) is 21.3. The monoisotopic (exact) mass is 514 g/mol. The molecule has 1 heterocycles. The van der Waals surface area contributed by atoms with Crippen LogP contribution >= 0.6 is 0 Å². The number of hydrogen-bond donors (Lipinski definition) is 1. The number of carbonyl (C=O) groups is 1. The highest BCUT2D eigenvalue weighted by Gasteiger charge is 2.34. The van der Waals surface area contributed by atoms with E-state index in [2.05, 4.69) is 15.5 Å². The number of benzene rings is 2. The number of amides is 1. The minimum atomic E-state index is -3.97. The minimum Gasteiger partial charge on any atom is -0.339 e. The summed E-state index contributed by atoms with van der Waals surface area (Å²) >= 11 is 0. The Bertz CT molecular complexity index is 1270. The van der Waals surface area contributed by atoms with Gasteiger partial charge in [0, 0.05) is 24.1 Å². The number of carbonyl (C=O) groups excluding carboxylic acids is 1. The van der Waals surface area contributed by atoms with Gasteiger partial charge >= 0.3 is 0 Å². The Hall–Kier alpha value is -3.11. The third-order valence-electron chi connectivity index (χ3n) is 6.28. The molecule has 0 bridgehead atoms. The highest BCUT2D eigenvalue weighted by Crippen LogP contribution is 2.28. The maximum Gasteiger partial charge on any atom is 0.243 e. The quantitative estimate of drug-likeness (QED) is 0.436. The van der Waals surface area contributed by atoms with E-state index < -0.39 is 21.7 Å². The molecule has 0 unspecified atom stereocenters. The Morgan fingerprint density at radius 3 is 2.36 bits per heavy atom. The average Bonchev–Trinajstić information content (AvgIpc) is 3.33. The lowest BCUT2D eigenvalue weighted by Gasteiger charge is -2.33. The van der Waals surface area contributed by atoms with E-state index in [9.17, 15) is 17.6 Å². The van der Waals surface area contributed by atoms with Gasteiger partial charge in [-0.15, -0.1) is 0 Å². The molecule has 0 saturated heterocycles. The number of aromatic nitrogens is 2. The molecule has 1 fully saturated rings. The molecular formula is C26H31FN4O4S. The fraction of sp³-hybridized carbons (Fsp3) is 0.423. The molecule has 2 aromatic carbocycles. The Morgan fingerprint density at radius 1 is 1.08 bits per heavy atom. The lowest BCUT2D eigenvalue weighted by atomic mass is 9.95. The van der Waals surface area contributed by atoms with E-state index in [0.717, 1.165) is 37.0 Å². The van der Waals surface area contributed by atoms with Crippen molar-refractivity contribution in [1.29, 1.82) is 0 Å². The molecule has 10 heteroatoms. The van der Waals surface area contributed by atoms with Crippen molar-refractivity contribution in [2.24, 2.45) is 0 Å². The molecule has 3 aromatic rings. The molecule has 1 aliphatic rings. The van der Waals surface area contributed by atoms with Crippen LogP contribution in [0, 0.1) is 5.82 Å². The minimum absolute atomic E-state index is 0.0197. The van der Waals surface area contributed by atoms with E-state index in [4.69, 9.17) is 4.52 Å². The van der Waals surface area contributed by atoms with E-state index in [1.54, 1.807) is 12.1 Å². The summed E-state index contributed by atoms with van der Waals surface area (Å²) in [7, 11) is -3.97. The Labute approximate surface area is 211 Å². The lowest BCUT2D eigenvalue weighted by molar-refractivity contribution is -0.116. The van der Waals surface area contributed by atoms with Crippen LogP contribution in [-0.2, 0) is 21.2 Å². The zero-order valence-electron chi connectivity index (χ0n) is 20.5. The molecule has 0 aliphatic heterocycles. The van der Waals surface area contributed by atoms with Crippen LogP contribution in [0.1, 0.15) is 69.1 Å². The van der Waals surface area contributed by atoms with Gasteiger partial charge in [-0.25, -0.2) is 12.8 Å². The van der Waals surface area contributed by atoms with Gasteiger partial charge in [-0.05, 0) is 54.8 Å². The van der Waals surface area contributed by atoms with E-state index in [1.807, 2.05) is 26.0 Å². The maximum absolute atomic E-state index is 13.4. The SMILES string of the molecule is CC(C)c1nc(Cc2ccc(NC(=O)CN(C3CCCCC3)S(=O)(=O)c3ccc(F)cc3)cc2)no1. The van der Waals surface area contributed by atoms with Crippen molar-refractivity contribution in [2.75, 3.05) is 11.9 Å². The number of nitrogens with zero attached hydrogens (tertiary/aromatic N) is 3. The van der Waals surface area contributed by atoms with Crippen LogP contribution in [-0.4, -0.2) is 41.4 Å². The van der Waals surface area contributed by atoms with Crippen molar-refractivity contribution in [2.45, 2.75) is 69.2 Å². The standard InChI is InChI=1S/C26H31FN4O4S/c1-18(2)26-29-24(30-35-26)16-19-8-12-21(13-9-19)28-25(32)17-31(22-6-4-3-5-7-22)36(33,34)23-14-10-20(27)11-15-23/h8-15,18,22H,3-7,16-17H2,1-2H3,(H,28,32). The van der Waals surface area contributed by atoms with Gasteiger partial charge in [-0.3, -0.25) is 4.79 Å². The Balaban J connectivity index is 1.44. The fourth-order valence-corrected chi connectivity index (χ4v) is 5.97. The molecule has 1 amide bonds. The Kier molecular flexibility index (Phi) is 8.15. The molecule has 1 saturated carbocycles. The average molecular weight is 515 g/mol. The first kappa shape index (κ1) is 26.0. The second-order valence-electron chi connectivity index (χ2n) is 9.42. The third kappa shape index (κ3) is 6.36. The first-order valence-corrected chi connectivity index (χ1v) is 13.6.